The maximum atomic E-state index is 13.3. The lowest BCUT2D eigenvalue weighted by Gasteiger charge is -2.24. The van der Waals surface area contributed by atoms with Gasteiger partial charge in [-0.15, -0.1) is 0 Å². The second-order valence-electron chi connectivity index (χ2n) is 5.46. The van der Waals surface area contributed by atoms with Crippen LogP contribution in [0.2, 0.25) is 0 Å². The molecular formula is C17H19FO. The molecule has 0 heterocycles. The van der Waals surface area contributed by atoms with Crippen LogP contribution in [-0.4, -0.2) is 5.11 Å². The van der Waals surface area contributed by atoms with Crippen molar-refractivity contribution in [1.82, 2.24) is 0 Å². The third-order valence-corrected chi connectivity index (χ3v) is 3.28. The van der Waals surface area contributed by atoms with Gasteiger partial charge in [0.2, 0.25) is 0 Å². The van der Waals surface area contributed by atoms with E-state index in [-0.39, 0.29) is 5.82 Å². The van der Waals surface area contributed by atoms with E-state index in [2.05, 4.69) is 18.2 Å². The maximum Gasteiger partial charge on any atom is 0.123 e. The Morgan fingerprint density at radius 2 is 1.68 bits per heavy atom. The SMILES string of the molecule is Cc1cc(C)cc(CC(C)(O)c2cccc(F)c2)c1. The van der Waals surface area contributed by atoms with Crippen LogP contribution >= 0.6 is 0 Å². The van der Waals surface area contributed by atoms with Crippen molar-refractivity contribution in [3.63, 3.8) is 0 Å². The van der Waals surface area contributed by atoms with Crippen LogP contribution in [-0.2, 0) is 12.0 Å². The van der Waals surface area contributed by atoms with Gasteiger partial charge in [-0.2, -0.15) is 0 Å². The van der Waals surface area contributed by atoms with Gasteiger partial charge in [0, 0.05) is 6.42 Å². The maximum absolute atomic E-state index is 13.3. The summed E-state index contributed by atoms with van der Waals surface area (Å²) in [6.07, 6.45) is 0.471. The van der Waals surface area contributed by atoms with Crippen molar-refractivity contribution in [3.8, 4) is 0 Å². The van der Waals surface area contributed by atoms with Crippen molar-refractivity contribution < 1.29 is 9.50 Å². The fraction of sp³-hybridized carbons (Fsp3) is 0.294. The quantitative estimate of drug-likeness (QED) is 0.885. The number of rotatable bonds is 3. The van der Waals surface area contributed by atoms with Gasteiger partial charge < -0.3 is 5.11 Å². The van der Waals surface area contributed by atoms with Crippen molar-refractivity contribution in [2.75, 3.05) is 0 Å². The van der Waals surface area contributed by atoms with Gasteiger partial charge >= 0.3 is 0 Å². The Balaban J connectivity index is 2.30. The molecule has 2 aromatic carbocycles. The highest BCUT2D eigenvalue weighted by molar-refractivity contribution is 5.32. The minimum Gasteiger partial charge on any atom is -0.385 e. The van der Waals surface area contributed by atoms with Crippen molar-refractivity contribution in [2.24, 2.45) is 0 Å². The third kappa shape index (κ3) is 3.42. The van der Waals surface area contributed by atoms with E-state index in [0.29, 0.717) is 12.0 Å². The summed E-state index contributed by atoms with van der Waals surface area (Å²) in [6.45, 7) is 5.79. The molecule has 1 atom stereocenters. The molecule has 1 unspecified atom stereocenters. The first-order valence-corrected chi connectivity index (χ1v) is 6.42. The summed E-state index contributed by atoms with van der Waals surface area (Å²) < 4.78 is 13.3. The Labute approximate surface area is 113 Å². The summed E-state index contributed by atoms with van der Waals surface area (Å²) in [5.74, 6) is -0.321. The second-order valence-corrected chi connectivity index (χ2v) is 5.46. The predicted molar refractivity (Wildman–Crippen MR) is 75.6 cm³/mol. The van der Waals surface area contributed by atoms with Crippen molar-refractivity contribution >= 4 is 0 Å². The van der Waals surface area contributed by atoms with Gasteiger partial charge in [-0.3, -0.25) is 0 Å². The van der Waals surface area contributed by atoms with Crippen molar-refractivity contribution in [2.45, 2.75) is 32.8 Å². The van der Waals surface area contributed by atoms with E-state index in [4.69, 9.17) is 0 Å². The second kappa shape index (κ2) is 5.14. The highest BCUT2D eigenvalue weighted by Crippen LogP contribution is 2.26. The summed E-state index contributed by atoms with van der Waals surface area (Å²) in [5, 5.41) is 10.6. The number of halogens is 1. The van der Waals surface area contributed by atoms with Crippen LogP contribution < -0.4 is 0 Å². The van der Waals surface area contributed by atoms with Gasteiger partial charge in [0.15, 0.2) is 0 Å². The smallest absolute Gasteiger partial charge is 0.123 e. The van der Waals surface area contributed by atoms with E-state index in [0.717, 1.165) is 5.56 Å². The summed E-state index contributed by atoms with van der Waals surface area (Å²) in [5.41, 5.74) is 2.94. The van der Waals surface area contributed by atoms with E-state index in [9.17, 15) is 9.50 Å². The largest absolute Gasteiger partial charge is 0.385 e. The Morgan fingerprint density at radius 3 is 2.26 bits per heavy atom. The van der Waals surface area contributed by atoms with Gasteiger partial charge in [0.1, 0.15) is 5.82 Å². The fourth-order valence-electron chi connectivity index (χ4n) is 2.49. The van der Waals surface area contributed by atoms with Gasteiger partial charge in [-0.05, 0) is 44.0 Å². The van der Waals surface area contributed by atoms with Crippen LogP contribution in [0.15, 0.2) is 42.5 Å². The molecule has 0 amide bonds. The molecule has 0 radical (unpaired) electrons. The van der Waals surface area contributed by atoms with Gasteiger partial charge in [-0.1, -0.05) is 41.5 Å². The Morgan fingerprint density at radius 1 is 1.05 bits per heavy atom. The number of aliphatic hydroxyl groups is 1. The van der Waals surface area contributed by atoms with Crippen molar-refractivity contribution in [1.29, 1.82) is 0 Å². The highest BCUT2D eigenvalue weighted by Gasteiger charge is 2.24. The molecule has 0 aliphatic heterocycles. The molecule has 0 saturated heterocycles. The average molecular weight is 258 g/mol. The van der Waals surface area contributed by atoms with Gasteiger partial charge in [0.05, 0.1) is 5.60 Å². The molecule has 2 heteroatoms. The molecule has 1 N–H and O–H groups in total. The van der Waals surface area contributed by atoms with Crippen LogP contribution in [0.3, 0.4) is 0 Å². The molecule has 0 aromatic heterocycles. The minimum atomic E-state index is -1.07. The number of hydrogen-bond acceptors (Lipinski definition) is 1. The molecule has 1 nitrogen and oxygen atoms in total. The van der Waals surface area contributed by atoms with Gasteiger partial charge in [0.25, 0.3) is 0 Å². The predicted octanol–water partition coefficient (Wildman–Crippen LogP) is 3.89. The van der Waals surface area contributed by atoms with Crippen molar-refractivity contribution in [3.05, 3.63) is 70.5 Å². The van der Waals surface area contributed by atoms with E-state index in [1.54, 1.807) is 19.1 Å². The minimum absolute atomic E-state index is 0.321. The summed E-state index contributed by atoms with van der Waals surface area (Å²) in [6, 6.07) is 12.4. The van der Waals surface area contributed by atoms with E-state index < -0.39 is 5.60 Å². The molecule has 2 rings (SSSR count). The normalized spacial score (nSPS) is 14.2. The lowest BCUT2D eigenvalue weighted by Crippen LogP contribution is -2.24. The lowest BCUT2D eigenvalue weighted by molar-refractivity contribution is 0.0573. The number of hydrogen-bond donors (Lipinski definition) is 1. The van der Waals surface area contributed by atoms with Crippen LogP contribution in [0.4, 0.5) is 4.39 Å². The monoisotopic (exact) mass is 258 g/mol. The molecule has 0 aliphatic rings. The zero-order valence-electron chi connectivity index (χ0n) is 11.6. The third-order valence-electron chi connectivity index (χ3n) is 3.28. The summed E-state index contributed by atoms with van der Waals surface area (Å²) >= 11 is 0. The fourth-order valence-corrected chi connectivity index (χ4v) is 2.49. The van der Waals surface area contributed by atoms with Crippen LogP contribution in [0, 0.1) is 19.7 Å². The Kier molecular flexibility index (Phi) is 3.72. The number of aryl methyl sites for hydroxylation is 2. The molecule has 0 aliphatic carbocycles. The molecule has 2 aromatic rings. The molecule has 19 heavy (non-hydrogen) atoms. The number of benzene rings is 2. The van der Waals surface area contributed by atoms with Crippen LogP contribution in [0.25, 0.3) is 0 Å². The highest BCUT2D eigenvalue weighted by atomic mass is 19.1. The molecule has 100 valence electrons. The van der Waals surface area contributed by atoms with E-state index >= 15 is 0 Å². The standard InChI is InChI=1S/C17H19FO/c1-12-7-13(2)9-14(8-12)11-17(3,19)15-5-4-6-16(18)10-15/h4-10,19H,11H2,1-3H3. The van der Waals surface area contributed by atoms with Gasteiger partial charge in [-0.25, -0.2) is 4.39 Å². The zero-order valence-corrected chi connectivity index (χ0v) is 11.6. The average Bonchev–Trinajstić information content (AvgIpc) is 2.26. The molecular weight excluding hydrogens is 239 g/mol. The lowest BCUT2D eigenvalue weighted by atomic mass is 9.88. The first-order valence-electron chi connectivity index (χ1n) is 6.42. The Hall–Kier alpha value is -1.67. The van der Waals surface area contributed by atoms with E-state index in [1.165, 1.54) is 23.3 Å². The van der Waals surface area contributed by atoms with E-state index in [1.807, 2.05) is 13.8 Å². The molecule has 0 bridgehead atoms. The first kappa shape index (κ1) is 13.8. The molecule has 0 saturated carbocycles. The molecule has 0 fully saturated rings. The summed E-state index contributed by atoms with van der Waals surface area (Å²) in [7, 11) is 0. The molecule has 0 spiro atoms. The van der Waals surface area contributed by atoms with Crippen LogP contribution in [0.1, 0.15) is 29.2 Å². The van der Waals surface area contributed by atoms with Crippen LogP contribution in [0.5, 0.6) is 0 Å². The zero-order chi connectivity index (χ0) is 14.0. The topological polar surface area (TPSA) is 20.2 Å². The summed E-state index contributed by atoms with van der Waals surface area (Å²) in [4.78, 5) is 0. The Bertz CT molecular complexity index is 567. The first-order chi connectivity index (χ1) is 8.87.